The molecule has 0 unspecified atom stereocenters. The van der Waals surface area contributed by atoms with Crippen molar-refractivity contribution in [1.29, 1.82) is 0 Å². The van der Waals surface area contributed by atoms with Gasteiger partial charge in [-0.25, -0.2) is 4.39 Å². The van der Waals surface area contributed by atoms with E-state index in [1.165, 1.54) is 12.3 Å². The summed E-state index contributed by atoms with van der Waals surface area (Å²) in [6.45, 7) is 2.68. The van der Waals surface area contributed by atoms with Crippen LogP contribution in [0.2, 0.25) is 0 Å². The van der Waals surface area contributed by atoms with Crippen LogP contribution in [0.3, 0.4) is 0 Å². The van der Waals surface area contributed by atoms with E-state index in [0.29, 0.717) is 16.8 Å². The summed E-state index contributed by atoms with van der Waals surface area (Å²) in [5.74, 6) is -0.463. The van der Waals surface area contributed by atoms with Crippen molar-refractivity contribution < 1.29 is 9.18 Å². The predicted octanol–water partition coefficient (Wildman–Crippen LogP) is 3.68. The summed E-state index contributed by atoms with van der Waals surface area (Å²) in [4.78, 5) is 23.5. The van der Waals surface area contributed by atoms with Crippen LogP contribution in [0.5, 0.6) is 0 Å². The van der Waals surface area contributed by atoms with Crippen LogP contribution in [0, 0.1) is 5.82 Å². The van der Waals surface area contributed by atoms with Gasteiger partial charge in [0.25, 0.3) is 5.91 Å². The normalized spacial score (nSPS) is 15.2. The number of piperidine rings is 1. The van der Waals surface area contributed by atoms with Gasteiger partial charge < -0.3 is 5.32 Å². The zero-order valence-corrected chi connectivity index (χ0v) is 16.1. The molecule has 0 radical (unpaired) electrons. The molecule has 1 amide bonds. The molecule has 0 spiro atoms. The lowest BCUT2D eigenvalue weighted by molar-refractivity contribution is 0.0908. The molecule has 1 aromatic carbocycles. The van der Waals surface area contributed by atoms with E-state index >= 15 is 0 Å². The summed E-state index contributed by atoms with van der Waals surface area (Å²) in [5.41, 5.74) is 2.50. The molecule has 0 aliphatic carbocycles. The smallest absolute Gasteiger partial charge is 0.253 e. The Bertz CT molecular complexity index is 954. The number of rotatable bonds is 5. The first-order chi connectivity index (χ1) is 14.2. The van der Waals surface area contributed by atoms with Gasteiger partial charge in [0, 0.05) is 43.6 Å². The first-order valence-corrected chi connectivity index (χ1v) is 9.83. The largest absolute Gasteiger partial charge is 0.349 e. The van der Waals surface area contributed by atoms with Crippen molar-refractivity contribution in [2.45, 2.75) is 25.4 Å². The van der Waals surface area contributed by atoms with Crippen molar-refractivity contribution in [2.75, 3.05) is 13.1 Å². The average molecular weight is 390 g/mol. The highest BCUT2D eigenvalue weighted by molar-refractivity contribution is 5.94. The molecule has 6 heteroatoms. The summed E-state index contributed by atoms with van der Waals surface area (Å²) in [6.07, 6.45) is 5.12. The second-order valence-electron chi connectivity index (χ2n) is 7.26. The fourth-order valence-corrected chi connectivity index (χ4v) is 3.58. The average Bonchev–Trinajstić information content (AvgIpc) is 2.76. The molecule has 148 valence electrons. The van der Waals surface area contributed by atoms with Crippen LogP contribution in [0.25, 0.3) is 11.3 Å². The van der Waals surface area contributed by atoms with Gasteiger partial charge in [-0.15, -0.1) is 0 Å². The number of aromatic nitrogens is 2. The van der Waals surface area contributed by atoms with Gasteiger partial charge in [0.15, 0.2) is 0 Å². The molecule has 1 N–H and O–H groups in total. The molecule has 0 atom stereocenters. The van der Waals surface area contributed by atoms with Crippen LogP contribution in [0.1, 0.15) is 28.9 Å². The second kappa shape index (κ2) is 8.92. The molecule has 5 nitrogen and oxygen atoms in total. The highest BCUT2D eigenvalue weighted by atomic mass is 19.1. The SMILES string of the molecule is O=C(NC1CCN(Cc2ccccn2)CC1)c1ccc(-c2ccccc2F)nc1. The number of pyridine rings is 2. The van der Waals surface area contributed by atoms with Crippen molar-refractivity contribution >= 4 is 5.91 Å². The molecular weight excluding hydrogens is 367 g/mol. The van der Waals surface area contributed by atoms with Crippen molar-refractivity contribution in [3.05, 3.63) is 84.1 Å². The van der Waals surface area contributed by atoms with Crippen LogP contribution in [-0.2, 0) is 6.54 Å². The van der Waals surface area contributed by atoms with Crippen LogP contribution >= 0.6 is 0 Å². The fraction of sp³-hybridized carbons (Fsp3) is 0.261. The van der Waals surface area contributed by atoms with Gasteiger partial charge in [-0.05, 0) is 49.2 Å². The summed E-state index contributed by atoms with van der Waals surface area (Å²) in [7, 11) is 0. The maximum atomic E-state index is 13.9. The summed E-state index contributed by atoms with van der Waals surface area (Å²) in [6, 6.07) is 16.0. The van der Waals surface area contributed by atoms with Gasteiger partial charge in [-0.1, -0.05) is 18.2 Å². The zero-order valence-electron chi connectivity index (χ0n) is 16.1. The third-order valence-electron chi connectivity index (χ3n) is 5.21. The minimum atomic E-state index is -0.324. The summed E-state index contributed by atoms with van der Waals surface area (Å²) >= 11 is 0. The molecule has 4 rings (SSSR count). The lowest BCUT2D eigenvalue weighted by atomic mass is 10.0. The number of benzene rings is 1. The Morgan fingerprint density at radius 3 is 2.52 bits per heavy atom. The fourth-order valence-electron chi connectivity index (χ4n) is 3.58. The number of hydrogen-bond acceptors (Lipinski definition) is 4. The third kappa shape index (κ3) is 4.84. The van der Waals surface area contributed by atoms with E-state index in [1.807, 2.05) is 24.4 Å². The van der Waals surface area contributed by atoms with E-state index in [9.17, 15) is 9.18 Å². The molecule has 2 aromatic heterocycles. The minimum Gasteiger partial charge on any atom is -0.349 e. The molecule has 0 bridgehead atoms. The monoisotopic (exact) mass is 390 g/mol. The van der Waals surface area contributed by atoms with Crippen LogP contribution in [0.15, 0.2) is 67.0 Å². The topological polar surface area (TPSA) is 58.1 Å². The number of amides is 1. The van der Waals surface area contributed by atoms with Crippen LogP contribution < -0.4 is 5.32 Å². The molecule has 1 saturated heterocycles. The minimum absolute atomic E-state index is 0.138. The lowest BCUT2D eigenvalue weighted by Crippen LogP contribution is -2.44. The quantitative estimate of drug-likeness (QED) is 0.722. The Labute approximate surface area is 169 Å². The maximum absolute atomic E-state index is 13.9. The molecule has 1 fully saturated rings. The molecule has 0 saturated carbocycles. The molecular formula is C23H23FN4O. The van der Waals surface area contributed by atoms with E-state index in [4.69, 9.17) is 0 Å². The van der Waals surface area contributed by atoms with Gasteiger partial charge in [-0.3, -0.25) is 19.7 Å². The highest BCUT2D eigenvalue weighted by Gasteiger charge is 2.21. The molecule has 1 aliphatic rings. The maximum Gasteiger partial charge on any atom is 0.253 e. The van der Waals surface area contributed by atoms with Crippen LogP contribution in [-0.4, -0.2) is 39.9 Å². The van der Waals surface area contributed by atoms with Gasteiger partial charge in [-0.2, -0.15) is 0 Å². The Kier molecular flexibility index (Phi) is 5.91. The first-order valence-electron chi connectivity index (χ1n) is 9.83. The Morgan fingerprint density at radius 2 is 1.83 bits per heavy atom. The van der Waals surface area contributed by atoms with Gasteiger partial charge in [0.2, 0.25) is 0 Å². The number of hydrogen-bond donors (Lipinski definition) is 1. The number of likely N-dealkylation sites (tertiary alicyclic amines) is 1. The van der Waals surface area contributed by atoms with E-state index in [1.54, 1.807) is 30.3 Å². The highest BCUT2D eigenvalue weighted by Crippen LogP contribution is 2.20. The van der Waals surface area contributed by atoms with Crippen LogP contribution in [0.4, 0.5) is 4.39 Å². The van der Waals surface area contributed by atoms with Crippen molar-refractivity contribution in [1.82, 2.24) is 20.2 Å². The van der Waals surface area contributed by atoms with Crippen molar-refractivity contribution in [3.8, 4) is 11.3 Å². The van der Waals surface area contributed by atoms with Gasteiger partial charge in [0.1, 0.15) is 5.82 Å². The standard InChI is InChI=1S/C23H23FN4O/c24-21-7-2-1-6-20(21)22-9-8-17(15-26-22)23(29)27-18-10-13-28(14-11-18)16-19-5-3-4-12-25-19/h1-9,12,15,18H,10-11,13-14,16H2,(H,27,29). The van der Waals surface area contributed by atoms with Crippen molar-refractivity contribution in [3.63, 3.8) is 0 Å². The van der Waals surface area contributed by atoms with E-state index < -0.39 is 0 Å². The Hall–Kier alpha value is -3.12. The second-order valence-corrected chi connectivity index (χ2v) is 7.26. The first kappa shape index (κ1) is 19.2. The molecule has 3 heterocycles. The lowest BCUT2D eigenvalue weighted by Gasteiger charge is -2.32. The zero-order chi connectivity index (χ0) is 20.1. The van der Waals surface area contributed by atoms with E-state index in [-0.39, 0.29) is 17.8 Å². The Morgan fingerprint density at radius 1 is 1.03 bits per heavy atom. The predicted molar refractivity (Wildman–Crippen MR) is 110 cm³/mol. The van der Waals surface area contributed by atoms with E-state index in [2.05, 4.69) is 20.2 Å². The van der Waals surface area contributed by atoms with E-state index in [0.717, 1.165) is 38.2 Å². The van der Waals surface area contributed by atoms with Gasteiger partial charge >= 0.3 is 0 Å². The molecule has 1 aliphatic heterocycles. The number of carbonyl (C=O) groups excluding carboxylic acids is 1. The van der Waals surface area contributed by atoms with Crippen molar-refractivity contribution in [2.24, 2.45) is 0 Å². The summed E-state index contributed by atoms with van der Waals surface area (Å²) in [5, 5.41) is 3.09. The summed E-state index contributed by atoms with van der Waals surface area (Å²) < 4.78 is 13.9. The Balaban J connectivity index is 1.30. The number of nitrogens with zero attached hydrogens (tertiary/aromatic N) is 3. The third-order valence-corrected chi connectivity index (χ3v) is 5.21. The number of nitrogens with one attached hydrogen (secondary N) is 1. The number of carbonyl (C=O) groups is 1. The number of halogens is 1. The van der Waals surface area contributed by atoms with Gasteiger partial charge in [0.05, 0.1) is 17.0 Å². The molecule has 3 aromatic rings. The molecule has 29 heavy (non-hydrogen) atoms.